The van der Waals surface area contributed by atoms with E-state index in [1.54, 1.807) is 7.11 Å². The van der Waals surface area contributed by atoms with E-state index in [2.05, 4.69) is 15.5 Å². The van der Waals surface area contributed by atoms with E-state index in [1.807, 2.05) is 26.0 Å². The molecule has 0 aliphatic carbocycles. The van der Waals surface area contributed by atoms with Gasteiger partial charge in [0.2, 0.25) is 5.89 Å². The van der Waals surface area contributed by atoms with Crippen LogP contribution in [0.3, 0.4) is 0 Å². The SMILES string of the molecule is COCc1noc(CNC(C)c2ccc(C)o2)n1. The highest BCUT2D eigenvalue weighted by Crippen LogP contribution is 2.15. The Morgan fingerprint density at radius 2 is 2.28 bits per heavy atom. The van der Waals surface area contributed by atoms with Gasteiger partial charge < -0.3 is 13.7 Å². The van der Waals surface area contributed by atoms with E-state index < -0.39 is 0 Å². The van der Waals surface area contributed by atoms with Gasteiger partial charge in [-0.2, -0.15) is 4.98 Å². The summed E-state index contributed by atoms with van der Waals surface area (Å²) in [7, 11) is 1.59. The molecular weight excluding hydrogens is 234 g/mol. The average molecular weight is 251 g/mol. The lowest BCUT2D eigenvalue weighted by molar-refractivity contribution is 0.174. The molecule has 1 atom stereocenters. The van der Waals surface area contributed by atoms with Crippen LogP contribution >= 0.6 is 0 Å². The predicted octanol–water partition coefficient (Wildman–Crippen LogP) is 1.97. The van der Waals surface area contributed by atoms with Crippen molar-refractivity contribution in [3.8, 4) is 0 Å². The van der Waals surface area contributed by atoms with E-state index in [0.29, 0.717) is 24.9 Å². The molecule has 18 heavy (non-hydrogen) atoms. The molecular formula is C12H17N3O3. The van der Waals surface area contributed by atoms with Gasteiger partial charge in [-0.3, -0.25) is 5.32 Å². The summed E-state index contributed by atoms with van der Waals surface area (Å²) in [6, 6.07) is 3.99. The molecule has 2 heterocycles. The maximum atomic E-state index is 5.53. The van der Waals surface area contributed by atoms with E-state index in [9.17, 15) is 0 Å². The maximum absolute atomic E-state index is 5.53. The lowest BCUT2D eigenvalue weighted by Gasteiger charge is -2.08. The van der Waals surface area contributed by atoms with Crippen LogP contribution in [0.1, 0.15) is 36.2 Å². The zero-order valence-electron chi connectivity index (χ0n) is 10.8. The highest BCUT2D eigenvalue weighted by molar-refractivity contribution is 5.08. The topological polar surface area (TPSA) is 73.3 Å². The number of hydrogen-bond donors (Lipinski definition) is 1. The zero-order chi connectivity index (χ0) is 13.0. The number of ether oxygens (including phenoxy) is 1. The predicted molar refractivity (Wildman–Crippen MR) is 63.7 cm³/mol. The van der Waals surface area contributed by atoms with Gasteiger partial charge in [0.15, 0.2) is 5.82 Å². The molecule has 0 aliphatic heterocycles. The Morgan fingerprint density at radius 3 is 2.94 bits per heavy atom. The molecule has 98 valence electrons. The van der Waals surface area contributed by atoms with Gasteiger partial charge in [0.05, 0.1) is 12.6 Å². The minimum Gasteiger partial charge on any atom is -0.465 e. The summed E-state index contributed by atoms with van der Waals surface area (Å²) in [5, 5.41) is 7.04. The molecule has 6 nitrogen and oxygen atoms in total. The van der Waals surface area contributed by atoms with Crippen LogP contribution < -0.4 is 5.32 Å². The second-order valence-electron chi connectivity index (χ2n) is 4.09. The van der Waals surface area contributed by atoms with Crippen LogP contribution in [0.4, 0.5) is 0 Å². The van der Waals surface area contributed by atoms with Crippen LogP contribution in [0, 0.1) is 6.92 Å². The van der Waals surface area contributed by atoms with E-state index in [1.165, 1.54) is 0 Å². The highest BCUT2D eigenvalue weighted by atomic mass is 16.5. The molecule has 0 aromatic carbocycles. The summed E-state index contributed by atoms with van der Waals surface area (Å²) in [5.74, 6) is 2.89. The van der Waals surface area contributed by atoms with Crippen molar-refractivity contribution in [2.24, 2.45) is 0 Å². The minimum absolute atomic E-state index is 0.0940. The van der Waals surface area contributed by atoms with Gasteiger partial charge in [0.25, 0.3) is 0 Å². The number of aromatic nitrogens is 2. The first-order valence-corrected chi connectivity index (χ1v) is 5.79. The minimum atomic E-state index is 0.0940. The molecule has 0 bridgehead atoms. The Kier molecular flexibility index (Phi) is 4.11. The van der Waals surface area contributed by atoms with Crippen molar-refractivity contribution in [1.82, 2.24) is 15.5 Å². The fourth-order valence-corrected chi connectivity index (χ4v) is 1.58. The number of furan rings is 1. The molecule has 0 fully saturated rings. The average Bonchev–Trinajstić information content (AvgIpc) is 2.96. The molecule has 0 radical (unpaired) electrons. The summed E-state index contributed by atoms with van der Waals surface area (Å²) < 4.78 is 15.5. The second-order valence-corrected chi connectivity index (χ2v) is 4.09. The monoisotopic (exact) mass is 251 g/mol. The first-order valence-electron chi connectivity index (χ1n) is 5.79. The maximum Gasteiger partial charge on any atom is 0.240 e. The van der Waals surface area contributed by atoms with E-state index in [4.69, 9.17) is 13.7 Å². The fraction of sp³-hybridized carbons (Fsp3) is 0.500. The molecule has 0 spiro atoms. The van der Waals surface area contributed by atoms with Crippen molar-refractivity contribution in [2.75, 3.05) is 7.11 Å². The van der Waals surface area contributed by atoms with Crippen molar-refractivity contribution < 1.29 is 13.7 Å². The molecule has 0 saturated heterocycles. The molecule has 2 aromatic rings. The van der Waals surface area contributed by atoms with E-state index in [-0.39, 0.29) is 6.04 Å². The van der Waals surface area contributed by atoms with Gasteiger partial charge in [-0.15, -0.1) is 0 Å². The number of methoxy groups -OCH3 is 1. The summed E-state index contributed by atoms with van der Waals surface area (Å²) in [4.78, 5) is 4.17. The zero-order valence-corrected chi connectivity index (χ0v) is 10.8. The molecule has 2 rings (SSSR count). The fourth-order valence-electron chi connectivity index (χ4n) is 1.58. The second kappa shape index (κ2) is 5.79. The summed E-state index contributed by atoms with van der Waals surface area (Å²) in [5.41, 5.74) is 0. The lowest BCUT2D eigenvalue weighted by Crippen LogP contribution is -2.17. The molecule has 1 N–H and O–H groups in total. The molecule has 0 amide bonds. The third kappa shape index (κ3) is 3.18. The molecule has 2 aromatic heterocycles. The van der Waals surface area contributed by atoms with Crippen molar-refractivity contribution in [3.05, 3.63) is 35.4 Å². The highest BCUT2D eigenvalue weighted by Gasteiger charge is 2.11. The lowest BCUT2D eigenvalue weighted by atomic mass is 10.2. The normalized spacial score (nSPS) is 12.8. The summed E-state index contributed by atoms with van der Waals surface area (Å²) in [6.07, 6.45) is 0. The van der Waals surface area contributed by atoms with Gasteiger partial charge in [-0.1, -0.05) is 5.16 Å². The Balaban J connectivity index is 1.86. The quantitative estimate of drug-likeness (QED) is 0.846. The molecule has 0 saturated carbocycles. The number of rotatable bonds is 6. The van der Waals surface area contributed by atoms with Crippen LogP contribution in [0.2, 0.25) is 0 Å². The smallest absolute Gasteiger partial charge is 0.240 e. The summed E-state index contributed by atoms with van der Waals surface area (Å²) in [6.45, 7) is 4.80. The Morgan fingerprint density at radius 1 is 1.44 bits per heavy atom. The van der Waals surface area contributed by atoms with Gasteiger partial charge in [0.1, 0.15) is 18.1 Å². The van der Waals surface area contributed by atoms with Crippen LogP contribution in [-0.4, -0.2) is 17.3 Å². The van der Waals surface area contributed by atoms with Crippen molar-refractivity contribution >= 4 is 0 Å². The van der Waals surface area contributed by atoms with Crippen molar-refractivity contribution in [1.29, 1.82) is 0 Å². The first-order chi connectivity index (χ1) is 8.69. The molecule has 1 unspecified atom stereocenters. The van der Waals surface area contributed by atoms with Gasteiger partial charge >= 0.3 is 0 Å². The number of hydrogen-bond acceptors (Lipinski definition) is 6. The standard InChI is InChI=1S/C12H17N3O3/c1-8-4-5-10(17-8)9(2)13-6-12-14-11(7-16-3)15-18-12/h4-5,9,13H,6-7H2,1-3H3. The summed E-state index contributed by atoms with van der Waals surface area (Å²) >= 11 is 0. The van der Waals surface area contributed by atoms with Crippen molar-refractivity contribution in [3.63, 3.8) is 0 Å². The van der Waals surface area contributed by atoms with Gasteiger partial charge in [0, 0.05) is 7.11 Å². The third-order valence-electron chi connectivity index (χ3n) is 2.53. The number of aryl methyl sites for hydroxylation is 1. The number of nitrogens with one attached hydrogen (secondary N) is 1. The molecule has 0 aliphatic rings. The Labute approximate surface area is 105 Å². The van der Waals surface area contributed by atoms with Crippen LogP contribution in [0.5, 0.6) is 0 Å². The number of nitrogens with zero attached hydrogens (tertiary/aromatic N) is 2. The van der Waals surface area contributed by atoms with Gasteiger partial charge in [-0.05, 0) is 26.0 Å². The van der Waals surface area contributed by atoms with Crippen LogP contribution in [-0.2, 0) is 17.9 Å². The largest absolute Gasteiger partial charge is 0.465 e. The van der Waals surface area contributed by atoms with Crippen LogP contribution in [0.25, 0.3) is 0 Å². The third-order valence-corrected chi connectivity index (χ3v) is 2.53. The van der Waals surface area contributed by atoms with Crippen molar-refractivity contribution in [2.45, 2.75) is 33.0 Å². The Hall–Kier alpha value is -1.66. The van der Waals surface area contributed by atoms with E-state index >= 15 is 0 Å². The first kappa shape index (κ1) is 12.8. The Bertz CT molecular complexity index is 492. The van der Waals surface area contributed by atoms with Crippen LogP contribution in [0.15, 0.2) is 21.1 Å². The molecule has 6 heteroatoms. The van der Waals surface area contributed by atoms with E-state index in [0.717, 1.165) is 11.5 Å². The van der Waals surface area contributed by atoms with Gasteiger partial charge in [-0.25, -0.2) is 0 Å².